The van der Waals surface area contributed by atoms with Crippen molar-refractivity contribution in [3.05, 3.63) is 75.6 Å². The Bertz CT molecular complexity index is 1530. The molecule has 3 aliphatic carbocycles. The third-order valence-electron chi connectivity index (χ3n) is 8.78. The quantitative estimate of drug-likeness (QED) is 0.331. The number of anilines is 1. The van der Waals surface area contributed by atoms with Gasteiger partial charge < -0.3 is 31.1 Å². The first-order valence-electron chi connectivity index (χ1n) is 13.5. The molecule has 4 unspecified atom stereocenters. The maximum atomic E-state index is 14.1. The minimum absolute atomic E-state index is 0.0507. The van der Waals surface area contributed by atoms with Gasteiger partial charge in [-0.2, -0.15) is 0 Å². The first kappa shape index (κ1) is 28.4. The number of amides is 1. The second-order valence-corrected chi connectivity index (χ2v) is 11.6. The van der Waals surface area contributed by atoms with E-state index in [-0.39, 0.29) is 29.7 Å². The van der Waals surface area contributed by atoms with Crippen molar-refractivity contribution in [3.8, 4) is 5.75 Å². The van der Waals surface area contributed by atoms with Crippen molar-refractivity contribution in [3.63, 3.8) is 0 Å². The number of aliphatic hydroxyl groups is 3. The number of aliphatic hydroxyl groups excluding tert-OH is 2. The molecular weight excluding hydrogens is 526 g/mol. The molecule has 2 aromatic carbocycles. The van der Waals surface area contributed by atoms with Crippen LogP contribution in [-0.2, 0) is 33.6 Å². The SMILES string of the molecule is CN(C)c1cc(CCc2ccccc2)c(O)c2c1CC1CC3C(N(C)C)C(=O)C(C(N)=O)=C(O)C3(O)C(=O)C1=C2O. The summed E-state index contributed by atoms with van der Waals surface area (Å²) in [6.45, 7) is 0. The van der Waals surface area contributed by atoms with Gasteiger partial charge in [0.1, 0.15) is 22.8 Å². The van der Waals surface area contributed by atoms with Gasteiger partial charge in [-0.3, -0.25) is 19.3 Å². The van der Waals surface area contributed by atoms with Crippen LogP contribution in [-0.4, -0.2) is 82.6 Å². The molecule has 0 aromatic heterocycles. The number of nitrogens with zero attached hydrogens (tertiary/aromatic N) is 2. The fourth-order valence-electron chi connectivity index (χ4n) is 6.86. The molecule has 1 fully saturated rings. The molecule has 41 heavy (non-hydrogen) atoms. The zero-order chi connectivity index (χ0) is 30.0. The van der Waals surface area contributed by atoms with E-state index in [0.29, 0.717) is 24.0 Å². The Morgan fingerprint density at radius 3 is 2.29 bits per heavy atom. The summed E-state index contributed by atoms with van der Waals surface area (Å²) in [6, 6.07) is 10.5. The van der Waals surface area contributed by atoms with Crippen LogP contribution in [0.15, 0.2) is 53.3 Å². The molecule has 216 valence electrons. The molecule has 4 atom stereocenters. The van der Waals surface area contributed by atoms with Crippen LogP contribution in [0.25, 0.3) is 5.76 Å². The average molecular weight is 562 g/mol. The fourth-order valence-corrected chi connectivity index (χ4v) is 6.86. The number of Topliss-reactive ketones (excluding diaryl/α,β-unsaturated/α-hetero) is 2. The van der Waals surface area contributed by atoms with Gasteiger partial charge >= 0.3 is 0 Å². The number of aryl methyl sites for hydroxylation is 2. The molecule has 0 bridgehead atoms. The lowest BCUT2D eigenvalue weighted by molar-refractivity contribution is -0.153. The van der Waals surface area contributed by atoms with Crippen LogP contribution in [0.4, 0.5) is 5.69 Å². The Morgan fingerprint density at radius 1 is 1.05 bits per heavy atom. The van der Waals surface area contributed by atoms with Gasteiger partial charge in [0.15, 0.2) is 11.4 Å². The number of carbonyl (C=O) groups is 3. The van der Waals surface area contributed by atoms with Crippen LogP contribution in [0.3, 0.4) is 0 Å². The Labute approximate surface area is 238 Å². The predicted molar refractivity (Wildman–Crippen MR) is 152 cm³/mol. The highest BCUT2D eigenvalue weighted by Crippen LogP contribution is 2.54. The van der Waals surface area contributed by atoms with Crippen LogP contribution >= 0.6 is 0 Å². The van der Waals surface area contributed by atoms with Crippen LogP contribution in [0.1, 0.15) is 28.7 Å². The molecule has 0 aliphatic heterocycles. The van der Waals surface area contributed by atoms with E-state index in [4.69, 9.17) is 5.73 Å². The topological polar surface area (TPSA) is 165 Å². The first-order valence-corrected chi connectivity index (χ1v) is 13.5. The number of rotatable bonds is 6. The van der Waals surface area contributed by atoms with Gasteiger partial charge in [-0.05, 0) is 68.5 Å². The number of likely N-dealkylation sites (N-methyl/N-ethyl adjacent to an activating group) is 1. The monoisotopic (exact) mass is 561 g/mol. The van der Waals surface area contributed by atoms with Gasteiger partial charge in [0.05, 0.1) is 11.6 Å². The Kier molecular flexibility index (Phi) is 6.95. The lowest BCUT2D eigenvalue weighted by Crippen LogP contribution is -2.65. The van der Waals surface area contributed by atoms with E-state index in [2.05, 4.69) is 0 Å². The number of carbonyl (C=O) groups excluding carboxylic acids is 3. The third-order valence-corrected chi connectivity index (χ3v) is 8.78. The number of fused-ring (bicyclic) bond motifs is 3. The van der Waals surface area contributed by atoms with E-state index in [0.717, 1.165) is 11.3 Å². The van der Waals surface area contributed by atoms with Gasteiger partial charge in [-0.15, -0.1) is 0 Å². The molecule has 0 heterocycles. The van der Waals surface area contributed by atoms with Crippen LogP contribution in [0, 0.1) is 11.8 Å². The van der Waals surface area contributed by atoms with Gasteiger partial charge in [-0.25, -0.2) is 0 Å². The van der Waals surface area contributed by atoms with E-state index in [9.17, 15) is 34.8 Å². The summed E-state index contributed by atoms with van der Waals surface area (Å²) in [5.74, 6) is -6.51. The molecule has 1 amide bonds. The van der Waals surface area contributed by atoms with Crippen molar-refractivity contribution < 1.29 is 34.8 Å². The van der Waals surface area contributed by atoms with Crippen LogP contribution in [0.5, 0.6) is 5.75 Å². The van der Waals surface area contributed by atoms with Crippen molar-refractivity contribution in [2.24, 2.45) is 17.6 Å². The maximum Gasteiger partial charge on any atom is 0.255 e. The molecular formula is C31H35N3O7. The van der Waals surface area contributed by atoms with Gasteiger partial charge in [0.25, 0.3) is 5.91 Å². The molecule has 3 aliphatic rings. The minimum atomic E-state index is -2.66. The first-order chi connectivity index (χ1) is 19.3. The van der Waals surface area contributed by atoms with Crippen molar-refractivity contribution in [1.82, 2.24) is 4.90 Å². The largest absolute Gasteiger partial charge is 0.508 e. The maximum absolute atomic E-state index is 14.1. The molecule has 0 saturated heterocycles. The summed E-state index contributed by atoms with van der Waals surface area (Å²) in [5.41, 5.74) is 4.92. The third kappa shape index (κ3) is 4.20. The zero-order valence-electron chi connectivity index (χ0n) is 23.5. The molecule has 0 radical (unpaired) electrons. The number of primary amides is 1. The number of nitrogens with two attached hydrogens (primary N) is 1. The van der Waals surface area contributed by atoms with Crippen LogP contribution < -0.4 is 10.6 Å². The smallest absolute Gasteiger partial charge is 0.255 e. The summed E-state index contributed by atoms with van der Waals surface area (Å²) >= 11 is 0. The van der Waals surface area contributed by atoms with E-state index < -0.39 is 58.0 Å². The fraction of sp³-hybridized carbons (Fsp3) is 0.387. The van der Waals surface area contributed by atoms with E-state index >= 15 is 0 Å². The summed E-state index contributed by atoms with van der Waals surface area (Å²) in [5, 5.41) is 45.9. The van der Waals surface area contributed by atoms with Gasteiger partial charge in [0.2, 0.25) is 5.78 Å². The number of hydrogen-bond donors (Lipinski definition) is 5. The molecule has 6 N–H and O–H groups in total. The summed E-state index contributed by atoms with van der Waals surface area (Å²) in [4.78, 5) is 42.9. The second kappa shape index (κ2) is 10.0. The lowest BCUT2D eigenvalue weighted by atomic mass is 9.57. The molecule has 10 nitrogen and oxygen atoms in total. The molecule has 5 rings (SSSR count). The van der Waals surface area contributed by atoms with Crippen molar-refractivity contribution in [2.75, 3.05) is 33.1 Å². The highest BCUT2D eigenvalue weighted by Gasteiger charge is 2.64. The molecule has 0 spiro atoms. The van der Waals surface area contributed by atoms with E-state index in [1.54, 1.807) is 14.1 Å². The highest BCUT2D eigenvalue weighted by atomic mass is 16.3. The Balaban J connectivity index is 1.68. The van der Waals surface area contributed by atoms with Gasteiger partial charge in [0, 0.05) is 31.3 Å². The standard InChI is InChI=1S/C31H35N3O7/c1-33(2)20-14-16(11-10-15-8-6-5-7-9-15)25(35)22-18(20)12-17-13-19-24(34(3)4)27(37)23(30(32)40)29(39)31(19,41)28(38)21(17)26(22)36/h5-9,14,17,19,24,35-36,39,41H,10-13H2,1-4H3,(H2,32,40). The number of hydrogen-bond acceptors (Lipinski definition) is 9. The van der Waals surface area contributed by atoms with E-state index in [1.165, 1.54) is 4.90 Å². The number of ketones is 2. The average Bonchev–Trinajstić information content (AvgIpc) is 2.90. The molecule has 10 heteroatoms. The second-order valence-electron chi connectivity index (χ2n) is 11.6. The molecule has 2 aromatic rings. The lowest BCUT2D eigenvalue weighted by Gasteiger charge is -2.50. The Morgan fingerprint density at radius 2 is 1.71 bits per heavy atom. The number of phenolic OH excluding ortho intramolecular Hbond substituents is 1. The van der Waals surface area contributed by atoms with Crippen molar-refractivity contribution in [2.45, 2.75) is 37.3 Å². The summed E-state index contributed by atoms with van der Waals surface area (Å²) < 4.78 is 0. The summed E-state index contributed by atoms with van der Waals surface area (Å²) in [7, 11) is 6.86. The summed E-state index contributed by atoms with van der Waals surface area (Å²) in [6.07, 6.45) is 1.40. The minimum Gasteiger partial charge on any atom is -0.508 e. The van der Waals surface area contributed by atoms with E-state index in [1.807, 2.05) is 55.4 Å². The van der Waals surface area contributed by atoms with Gasteiger partial charge in [-0.1, -0.05) is 30.3 Å². The predicted octanol–water partition coefficient (Wildman–Crippen LogP) is 1.82. The van der Waals surface area contributed by atoms with Crippen molar-refractivity contribution in [1.29, 1.82) is 0 Å². The number of phenols is 1. The normalized spacial score (nSPS) is 25.7. The molecule has 1 saturated carbocycles. The number of benzene rings is 2. The number of aromatic hydroxyl groups is 1. The Hall–Kier alpha value is -4.15. The highest BCUT2D eigenvalue weighted by molar-refractivity contribution is 6.24. The van der Waals surface area contributed by atoms with Crippen molar-refractivity contribution >= 4 is 28.9 Å². The van der Waals surface area contributed by atoms with Crippen LogP contribution in [0.2, 0.25) is 0 Å². The zero-order valence-corrected chi connectivity index (χ0v) is 23.5.